The van der Waals surface area contributed by atoms with Crippen molar-refractivity contribution < 1.29 is 9.59 Å². The fourth-order valence-corrected chi connectivity index (χ4v) is 2.45. The molecule has 0 atom stereocenters. The molecule has 5 nitrogen and oxygen atoms in total. The molecule has 0 saturated heterocycles. The first kappa shape index (κ1) is 18.7. The maximum Gasteiger partial charge on any atom is 0.251 e. The van der Waals surface area contributed by atoms with E-state index in [-0.39, 0.29) is 17.9 Å². The van der Waals surface area contributed by atoms with E-state index in [1.807, 2.05) is 56.1 Å². The van der Waals surface area contributed by atoms with Gasteiger partial charge in [0, 0.05) is 23.8 Å². The number of likely N-dealkylation sites (N-methyl/N-ethyl adjacent to an activating group) is 1. The number of hydrogen-bond acceptors (Lipinski definition) is 3. The van der Waals surface area contributed by atoms with Gasteiger partial charge in [-0.3, -0.25) is 14.5 Å². The van der Waals surface area contributed by atoms with E-state index >= 15 is 0 Å². The molecule has 0 aliphatic carbocycles. The summed E-state index contributed by atoms with van der Waals surface area (Å²) >= 11 is 0. The van der Waals surface area contributed by atoms with E-state index in [9.17, 15) is 9.59 Å². The van der Waals surface area contributed by atoms with Crippen molar-refractivity contribution in [2.24, 2.45) is 0 Å². The monoisotopic (exact) mass is 339 g/mol. The van der Waals surface area contributed by atoms with E-state index in [1.165, 1.54) is 5.56 Å². The van der Waals surface area contributed by atoms with Gasteiger partial charge in [-0.25, -0.2) is 0 Å². The van der Waals surface area contributed by atoms with E-state index in [4.69, 9.17) is 0 Å². The van der Waals surface area contributed by atoms with Crippen LogP contribution in [-0.4, -0.2) is 36.3 Å². The molecule has 0 bridgehead atoms. The summed E-state index contributed by atoms with van der Waals surface area (Å²) in [7, 11) is 1.91. The van der Waals surface area contributed by atoms with E-state index in [0.29, 0.717) is 24.3 Å². The number of amides is 2. The fourth-order valence-electron chi connectivity index (χ4n) is 2.45. The highest BCUT2D eigenvalue weighted by atomic mass is 16.2. The third-order valence-electron chi connectivity index (χ3n) is 3.56. The standard InChI is InChI=1S/C20H25N3O2/c1-15(2)21-20(25)17-9-11-18(12-10-17)22-19(24)14-23(3)13-16-7-5-4-6-8-16/h4-12,15H,13-14H2,1-3H3,(H,21,25)(H,22,24). The molecule has 25 heavy (non-hydrogen) atoms. The molecular formula is C20H25N3O2. The maximum atomic E-state index is 12.1. The van der Waals surface area contributed by atoms with Crippen molar-refractivity contribution in [3.8, 4) is 0 Å². The van der Waals surface area contributed by atoms with Crippen molar-refractivity contribution >= 4 is 17.5 Å². The third-order valence-corrected chi connectivity index (χ3v) is 3.56. The van der Waals surface area contributed by atoms with Gasteiger partial charge in [0.25, 0.3) is 5.91 Å². The predicted molar refractivity (Wildman–Crippen MR) is 100 cm³/mol. The SMILES string of the molecule is CC(C)NC(=O)c1ccc(NC(=O)CN(C)Cc2ccccc2)cc1. The average molecular weight is 339 g/mol. The summed E-state index contributed by atoms with van der Waals surface area (Å²) in [4.78, 5) is 26.0. The van der Waals surface area contributed by atoms with Crippen LogP contribution in [0.2, 0.25) is 0 Å². The number of anilines is 1. The highest BCUT2D eigenvalue weighted by Gasteiger charge is 2.09. The number of benzene rings is 2. The van der Waals surface area contributed by atoms with Gasteiger partial charge < -0.3 is 10.6 Å². The maximum absolute atomic E-state index is 12.1. The van der Waals surface area contributed by atoms with Crippen LogP contribution in [0.25, 0.3) is 0 Å². The molecule has 0 aliphatic heterocycles. The lowest BCUT2D eigenvalue weighted by molar-refractivity contribution is -0.117. The van der Waals surface area contributed by atoms with Crippen molar-refractivity contribution in [1.82, 2.24) is 10.2 Å². The molecule has 2 aromatic carbocycles. The van der Waals surface area contributed by atoms with E-state index in [2.05, 4.69) is 10.6 Å². The summed E-state index contributed by atoms with van der Waals surface area (Å²) in [6, 6.07) is 17.0. The second-order valence-electron chi connectivity index (χ2n) is 6.41. The van der Waals surface area contributed by atoms with Crippen LogP contribution in [0.1, 0.15) is 29.8 Å². The highest BCUT2D eigenvalue weighted by Crippen LogP contribution is 2.10. The van der Waals surface area contributed by atoms with Crippen LogP contribution in [-0.2, 0) is 11.3 Å². The first-order chi connectivity index (χ1) is 11.9. The van der Waals surface area contributed by atoms with Crippen molar-refractivity contribution in [2.45, 2.75) is 26.4 Å². The molecule has 132 valence electrons. The zero-order valence-electron chi connectivity index (χ0n) is 15.0. The molecule has 0 fully saturated rings. The van der Waals surface area contributed by atoms with Crippen LogP contribution < -0.4 is 10.6 Å². The minimum Gasteiger partial charge on any atom is -0.350 e. The molecule has 0 aromatic heterocycles. The molecule has 0 spiro atoms. The van der Waals surface area contributed by atoms with E-state index in [1.54, 1.807) is 24.3 Å². The number of carbonyl (C=O) groups is 2. The molecule has 2 rings (SSSR count). The van der Waals surface area contributed by atoms with E-state index < -0.39 is 0 Å². The second kappa shape index (κ2) is 8.99. The summed E-state index contributed by atoms with van der Waals surface area (Å²) in [6.45, 7) is 4.84. The summed E-state index contributed by atoms with van der Waals surface area (Å²) in [5.74, 6) is -0.201. The lowest BCUT2D eigenvalue weighted by Gasteiger charge is -2.16. The third kappa shape index (κ3) is 6.39. The van der Waals surface area contributed by atoms with Gasteiger partial charge in [0.2, 0.25) is 5.91 Å². The predicted octanol–water partition coefficient (Wildman–Crippen LogP) is 2.90. The van der Waals surface area contributed by atoms with Crippen LogP contribution >= 0.6 is 0 Å². The van der Waals surface area contributed by atoms with Gasteiger partial charge in [-0.05, 0) is 50.7 Å². The van der Waals surface area contributed by atoms with Crippen LogP contribution in [0.5, 0.6) is 0 Å². The topological polar surface area (TPSA) is 61.4 Å². The Labute approximate surface area is 149 Å². The van der Waals surface area contributed by atoms with Crippen LogP contribution in [0.15, 0.2) is 54.6 Å². The normalized spacial score (nSPS) is 10.8. The number of hydrogen-bond donors (Lipinski definition) is 2. The van der Waals surface area contributed by atoms with Crippen LogP contribution in [0, 0.1) is 0 Å². The zero-order chi connectivity index (χ0) is 18.2. The molecule has 0 heterocycles. The molecular weight excluding hydrogens is 314 g/mol. The quantitative estimate of drug-likeness (QED) is 0.815. The Morgan fingerprint density at radius 1 is 1.00 bits per heavy atom. The summed E-state index contributed by atoms with van der Waals surface area (Å²) in [5, 5.41) is 5.69. The summed E-state index contributed by atoms with van der Waals surface area (Å²) in [5.41, 5.74) is 2.42. The summed E-state index contributed by atoms with van der Waals surface area (Å²) < 4.78 is 0. The van der Waals surface area contributed by atoms with Crippen molar-refractivity contribution in [3.63, 3.8) is 0 Å². The first-order valence-corrected chi connectivity index (χ1v) is 8.37. The van der Waals surface area contributed by atoms with Gasteiger partial charge in [0.15, 0.2) is 0 Å². The Morgan fingerprint density at radius 3 is 2.24 bits per heavy atom. The Kier molecular flexibility index (Phi) is 6.71. The van der Waals surface area contributed by atoms with Gasteiger partial charge >= 0.3 is 0 Å². The first-order valence-electron chi connectivity index (χ1n) is 8.37. The summed E-state index contributed by atoms with van der Waals surface area (Å²) in [6.07, 6.45) is 0. The van der Waals surface area contributed by atoms with Crippen LogP contribution in [0.4, 0.5) is 5.69 Å². The molecule has 5 heteroatoms. The Morgan fingerprint density at radius 2 is 1.64 bits per heavy atom. The number of rotatable bonds is 7. The van der Waals surface area contributed by atoms with E-state index in [0.717, 1.165) is 0 Å². The molecule has 0 unspecified atom stereocenters. The Hall–Kier alpha value is -2.66. The largest absolute Gasteiger partial charge is 0.350 e. The number of nitrogens with zero attached hydrogens (tertiary/aromatic N) is 1. The molecule has 2 amide bonds. The number of carbonyl (C=O) groups excluding carboxylic acids is 2. The Balaban J connectivity index is 1.84. The van der Waals surface area contributed by atoms with Crippen molar-refractivity contribution in [3.05, 3.63) is 65.7 Å². The second-order valence-corrected chi connectivity index (χ2v) is 6.41. The lowest BCUT2D eigenvalue weighted by Crippen LogP contribution is -2.30. The molecule has 0 aliphatic rings. The van der Waals surface area contributed by atoms with Crippen molar-refractivity contribution in [2.75, 3.05) is 18.9 Å². The average Bonchev–Trinajstić information content (AvgIpc) is 2.55. The molecule has 0 saturated carbocycles. The molecule has 2 aromatic rings. The minimum absolute atomic E-state index is 0.0854. The van der Waals surface area contributed by atoms with Crippen molar-refractivity contribution in [1.29, 1.82) is 0 Å². The molecule has 0 radical (unpaired) electrons. The van der Waals surface area contributed by atoms with Gasteiger partial charge in [-0.2, -0.15) is 0 Å². The lowest BCUT2D eigenvalue weighted by atomic mass is 10.2. The van der Waals surface area contributed by atoms with Gasteiger partial charge in [-0.1, -0.05) is 30.3 Å². The number of nitrogens with one attached hydrogen (secondary N) is 2. The van der Waals surface area contributed by atoms with Gasteiger partial charge in [0.1, 0.15) is 0 Å². The fraction of sp³-hybridized carbons (Fsp3) is 0.300. The zero-order valence-corrected chi connectivity index (χ0v) is 15.0. The van der Waals surface area contributed by atoms with Gasteiger partial charge in [0.05, 0.1) is 6.54 Å². The smallest absolute Gasteiger partial charge is 0.251 e. The van der Waals surface area contributed by atoms with Crippen LogP contribution in [0.3, 0.4) is 0 Å². The molecule has 2 N–H and O–H groups in total. The van der Waals surface area contributed by atoms with Gasteiger partial charge in [-0.15, -0.1) is 0 Å². The Bertz CT molecular complexity index is 697. The minimum atomic E-state index is -0.115. The highest BCUT2D eigenvalue weighted by molar-refractivity contribution is 5.96.